The highest BCUT2D eigenvalue weighted by Crippen LogP contribution is 2.27. The average Bonchev–Trinajstić information content (AvgIpc) is 2.90. The molecule has 0 unspecified atom stereocenters. The lowest BCUT2D eigenvalue weighted by molar-refractivity contribution is 0.0988. The first-order valence-electron chi connectivity index (χ1n) is 11.1. The number of hydrogen-bond acceptors (Lipinski definition) is 4. The van der Waals surface area contributed by atoms with Crippen LogP contribution in [0.2, 0.25) is 0 Å². The van der Waals surface area contributed by atoms with Crippen molar-refractivity contribution in [2.24, 2.45) is 0 Å². The lowest BCUT2D eigenvalue weighted by Crippen LogP contribution is -2.24. The van der Waals surface area contributed by atoms with E-state index in [1.54, 1.807) is 97.1 Å². The van der Waals surface area contributed by atoms with Crippen LogP contribution in [0.3, 0.4) is 0 Å². The van der Waals surface area contributed by atoms with Gasteiger partial charge in [0.25, 0.3) is 23.6 Å². The second kappa shape index (κ2) is 9.55. The fourth-order valence-corrected chi connectivity index (χ4v) is 3.92. The Hall–Kier alpha value is -5.24. The molecular formula is C28H20N4O4. The van der Waals surface area contributed by atoms with Crippen LogP contribution >= 0.6 is 0 Å². The van der Waals surface area contributed by atoms with Crippen LogP contribution in [0.4, 0.5) is 22.7 Å². The van der Waals surface area contributed by atoms with Crippen LogP contribution in [-0.2, 0) is 0 Å². The molecular weight excluding hydrogens is 456 g/mol. The Kier molecular flexibility index (Phi) is 5.98. The topological polar surface area (TPSA) is 116 Å². The smallest absolute Gasteiger partial charge is 0.256 e. The van der Waals surface area contributed by atoms with Gasteiger partial charge in [0.05, 0.1) is 45.0 Å². The molecule has 1 aliphatic heterocycles. The molecule has 176 valence electrons. The number of nitrogens with one attached hydrogen (secondary N) is 4. The first-order chi connectivity index (χ1) is 17.5. The molecule has 1 aliphatic rings. The van der Waals surface area contributed by atoms with Crippen molar-refractivity contribution >= 4 is 46.4 Å². The van der Waals surface area contributed by atoms with Crippen LogP contribution in [0.1, 0.15) is 41.4 Å². The molecule has 0 fully saturated rings. The van der Waals surface area contributed by atoms with Gasteiger partial charge in [-0.3, -0.25) is 19.2 Å². The maximum atomic E-state index is 13.2. The number of amides is 4. The summed E-state index contributed by atoms with van der Waals surface area (Å²) in [5, 5.41) is 11.1. The summed E-state index contributed by atoms with van der Waals surface area (Å²) in [6.45, 7) is 0. The number of rotatable bonds is 0. The highest BCUT2D eigenvalue weighted by molar-refractivity contribution is 6.19. The summed E-state index contributed by atoms with van der Waals surface area (Å²) in [5.41, 5.74) is 1.95. The Labute approximate surface area is 206 Å². The van der Waals surface area contributed by atoms with Gasteiger partial charge in [-0.2, -0.15) is 0 Å². The molecule has 0 aromatic heterocycles. The first-order valence-corrected chi connectivity index (χ1v) is 11.1. The van der Waals surface area contributed by atoms with E-state index in [-0.39, 0.29) is 22.3 Å². The number of carbonyl (C=O) groups excluding carboxylic acids is 4. The molecule has 4 amide bonds. The fourth-order valence-electron chi connectivity index (χ4n) is 3.92. The lowest BCUT2D eigenvalue weighted by Gasteiger charge is -2.17. The molecule has 0 radical (unpaired) electrons. The van der Waals surface area contributed by atoms with E-state index in [4.69, 9.17) is 0 Å². The molecule has 0 bridgehead atoms. The van der Waals surface area contributed by atoms with Gasteiger partial charge in [-0.25, -0.2) is 0 Å². The Morgan fingerprint density at radius 3 is 0.722 bits per heavy atom. The summed E-state index contributed by atoms with van der Waals surface area (Å²) in [5.74, 6) is -2.07. The Morgan fingerprint density at radius 1 is 0.306 bits per heavy atom. The van der Waals surface area contributed by atoms with Gasteiger partial charge in [-0.1, -0.05) is 48.5 Å². The quantitative estimate of drug-likeness (QED) is 0.285. The predicted octanol–water partition coefficient (Wildman–Crippen LogP) is 5.01. The number of para-hydroxylation sites is 4. The number of anilines is 4. The second-order valence-electron chi connectivity index (χ2n) is 8.00. The van der Waals surface area contributed by atoms with Gasteiger partial charge in [0.1, 0.15) is 0 Å². The van der Waals surface area contributed by atoms with Crippen LogP contribution in [0.5, 0.6) is 0 Å². The summed E-state index contributed by atoms with van der Waals surface area (Å²) in [6.07, 6.45) is 0. The summed E-state index contributed by atoms with van der Waals surface area (Å²) in [7, 11) is 0. The fraction of sp³-hybridized carbons (Fsp3) is 0. The van der Waals surface area contributed by atoms with Crippen molar-refractivity contribution in [3.63, 3.8) is 0 Å². The standard InChI is InChI=1S/C28H20N4O4/c33-25-17-9-1-2-10-18(17)26(34)30-23-15-7-8-16-24(23)32-28(36)20-12-4-3-11-19(20)27(35)31-22-14-6-5-13-21(22)29-25/h1-16H,(H,29,33)(H,30,34)(H,31,35)(H,32,36). The van der Waals surface area contributed by atoms with Crippen molar-refractivity contribution in [1.82, 2.24) is 0 Å². The lowest BCUT2D eigenvalue weighted by atomic mass is 10.0. The maximum absolute atomic E-state index is 13.2. The predicted molar refractivity (Wildman–Crippen MR) is 138 cm³/mol. The van der Waals surface area contributed by atoms with Crippen molar-refractivity contribution in [2.45, 2.75) is 0 Å². The molecule has 36 heavy (non-hydrogen) atoms. The normalized spacial score (nSPS) is 13.6. The van der Waals surface area contributed by atoms with E-state index in [1.807, 2.05) is 0 Å². The van der Waals surface area contributed by atoms with Gasteiger partial charge in [0, 0.05) is 0 Å². The monoisotopic (exact) mass is 476 g/mol. The number of fused-ring (bicyclic) bond motifs is 4. The van der Waals surface area contributed by atoms with E-state index in [1.165, 1.54) is 0 Å². The van der Waals surface area contributed by atoms with Gasteiger partial charge >= 0.3 is 0 Å². The van der Waals surface area contributed by atoms with Crippen LogP contribution < -0.4 is 21.3 Å². The van der Waals surface area contributed by atoms with Gasteiger partial charge in [-0.15, -0.1) is 0 Å². The number of carbonyl (C=O) groups is 4. The Balaban J connectivity index is 1.65. The number of benzene rings is 4. The van der Waals surface area contributed by atoms with Crippen LogP contribution in [-0.4, -0.2) is 23.6 Å². The SMILES string of the molecule is O=C1Nc2ccccc2NC(=O)c2ccccc2C(=O)Nc2ccccc2NC(=O)c2ccccc21. The Bertz CT molecular complexity index is 1300. The van der Waals surface area contributed by atoms with Crippen molar-refractivity contribution in [2.75, 3.05) is 21.3 Å². The second-order valence-corrected chi connectivity index (χ2v) is 8.00. The van der Waals surface area contributed by atoms with E-state index < -0.39 is 23.6 Å². The summed E-state index contributed by atoms with van der Waals surface area (Å²) >= 11 is 0. The zero-order valence-electron chi connectivity index (χ0n) is 18.9. The zero-order chi connectivity index (χ0) is 25.1. The molecule has 0 spiro atoms. The largest absolute Gasteiger partial charge is 0.320 e. The minimum absolute atomic E-state index is 0.148. The van der Waals surface area contributed by atoms with Crippen LogP contribution in [0, 0.1) is 0 Å². The molecule has 8 heteroatoms. The van der Waals surface area contributed by atoms with Crippen molar-refractivity contribution in [3.8, 4) is 0 Å². The third kappa shape index (κ3) is 4.43. The molecule has 0 aliphatic carbocycles. The van der Waals surface area contributed by atoms with E-state index in [9.17, 15) is 19.2 Å². The van der Waals surface area contributed by atoms with Crippen LogP contribution in [0.15, 0.2) is 97.1 Å². The maximum Gasteiger partial charge on any atom is 0.256 e. The van der Waals surface area contributed by atoms with E-state index in [2.05, 4.69) is 21.3 Å². The van der Waals surface area contributed by atoms with E-state index in [0.29, 0.717) is 22.7 Å². The van der Waals surface area contributed by atoms with Gasteiger partial charge < -0.3 is 21.3 Å². The van der Waals surface area contributed by atoms with Gasteiger partial charge in [0.2, 0.25) is 0 Å². The minimum Gasteiger partial charge on any atom is -0.320 e. The molecule has 0 saturated heterocycles. The summed E-state index contributed by atoms with van der Waals surface area (Å²) in [6, 6.07) is 26.2. The van der Waals surface area contributed by atoms with E-state index >= 15 is 0 Å². The third-order valence-corrected chi connectivity index (χ3v) is 5.68. The van der Waals surface area contributed by atoms with Crippen LogP contribution in [0.25, 0.3) is 0 Å². The minimum atomic E-state index is -0.517. The molecule has 5 rings (SSSR count). The average molecular weight is 476 g/mol. The zero-order valence-corrected chi connectivity index (χ0v) is 18.9. The van der Waals surface area contributed by atoms with Crippen molar-refractivity contribution in [1.29, 1.82) is 0 Å². The highest BCUT2D eigenvalue weighted by atomic mass is 16.2. The molecule has 4 aromatic rings. The number of hydrogen-bond donors (Lipinski definition) is 4. The highest BCUT2D eigenvalue weighted by Gasteiger charge is 2.22. The molecule has 4 aromatic carbocycles. The van der Waals surface area contributed by atoms with Gasteiger partial charge in [-0.05, 0) is 48.5 Å². The summed E-state index contributed by atoms with van der Waals surface area (Å²) < 4.78 is 0. The first kappa shape index (κ1) is 22.5. The van der Waals surface area contributed by atoms with Crippen molar-refractivity contribution < 1.29 is 19.2 Å². The molecule has 8 nitrogen and oxygen atoms in total. The summed E-state index contributed by atoms with van der Waals surface area (Å²) in [4.78, 5) is 52.9. The molecule has 0 atom stereocenters. The molecule has 1 heterocycles. The molecule has 4 N–H and O–H groups in total. The Morgan fingerprint density at radius 2 is 0.500 bits per heavy atom. The molecule has 0 saturated carbocycles. The van der Waals surface area contributed by atoms with Gasteiger partial charge in [0.15, 0.2) is 0 Å². The van der Waals surface area contributed by atoms with E-state index in [0.717, 1.165) is 0 Å². The van der Waals surface area contributed by atoms with Crippen molar-refractivity contribution in [3.05, 3.63) is 119 Å². The third-order valence-electron chi connectivity index (χ3n) is 5.68.